The van der Waals surface area contributed by atoms with Gasteiger partial charge in [-0.2, -0.15) is 0 Å². The van der Waals surface area contributed by atoms with E-state index in [-0.39, 0.29) is 37.6 Å². The molecule has 4 aliphatic rings. The molecule has 2 heterocycles. The minimum Gasteiger partial charge on any atom is -0.472 e. The second kappa shape index (κ2) is 13.1. The van der Waals surface area contributed by atoms with Gasteiger partial charge >= 0.3 is 0 Å². The van der Waals surface area contributed by atoms with Crippen molar-refractivity contribution in [1.29, 1.82) is 0 Å². The number of ether oxygens (including phenoxy) is 1. The Morgan fingerprint density at radius 2 is 1.81 bits per heavy atom. The van der Waals surface area contributed by atoms with E-state index in [1.807, 2.05) is 47.6 Å². The molecule has 0 aromatic carbocycles. The lowest BCUT2D eigenvalue weighted by Crippen LogP contribution is -2.57. The number of nitrogens with one attached hydrogen (secondary N) is 3. The fourth-order valence-electron chi connectivity index (χ4n) is 6.90. The first kappa shape index (κ1) is 35.8. The minimum atomic E-state index is -3.86. The van der Waals surface area contributed by atoms with E-state index in [0.29, 0.717) is 18.7 Å². The van der Waals surface area contributed by atoms with Gasteiger partial charge in [-0.1, -0.05) is 26.8 Å². The normalized spacial score (nSPS) is 26.1. The second-order valence-electron chi connectivity index (χ2n) is 16.0. The fourth-order valence-corrected chi connectivity index (χ4v) is 8.27. The Morgan fingerprint density at radius 1 is 1.12 bits per heavy atom. The maximum Gasteiger partial charge on any atom is 0.259 e. The Labute approximate surface area is 284 Å². The molecular formula is C35H51N5O7S. The molecule has 1 aromatic rings. The van der Waals surface area contributed by atoms with Crippen LogP contribution in [0.2, 0.25) is 0 Å². The Balaban J connectivity index is 1.42. The summed E-state index contributed by atoms with van der Waals surface area (Å²) in [5, 5.41) is 5.16. The number of carbonyl (C=O) groups excluding carboxylic acids is 4. The third kappa shape index (κ3) is 7.87. The largest absolute Gasteiger partial charge is 0.472 e. The summed E-state index contributed by atoms with van der Waals surface area (Å²) in [6.07, 6.45) is 7.74. The number of nitrogens with zero attached hydrogens (tertiary/aromatic N) is 2. The van der Waals surface area contributed by atoms with Crippen molar-refractivity contribution in [2.75, 3.05) is 6.54 Å². The number of rotatable bonds is 11. The van der Waals surface area contributed by atoms with Gasteiger partial charge in [-0.15, -0.1) is 6.58 Å². The topological polar surface area (TPSA) is 164 Å². The van der Waals surface area contributed by atoms with E-state index in [4.69, 9.17) is 4.74 Å². The van der Waals surface area contributed by atoms with Crippen molar-refractivity contribution in [3.8, 4) is 5.88 Å². The number of likely N-dealkylation sites (tertiary alicyclic amines) is 1. The van der Waals surface area contributed by atoms with Crippen molar-refractivity contribution >= 4 is 33.7 Å². The minimum absolute atomic E-state index is 0.0758. The molecule has 5 rings (SSSR count). The molecule has 0 bridgehead atoms. The Hall–Kier alpha value is -3.48. The van der Waals surface area contributed by atoms with E-state index in [9.17, 15) is 27.6 Å². The zero-order chi connectivity index (χ0) is 35.2. The second-order valence-corrected chi connectivity index (χ2v) is 18.0. The average molecular weight is 686 g/mol. The molecule has 3 N–H and O–H groups in total. The lowest BCUT2D eigenvalue weighted by Gasteiger charge is -2.35. The predicted molar refractivity (Wildman–Crippen MR) is 180 cm³/mol. The van der Waals surface area contributed by atoms with Crippen LogP contribution in [0.1, 0.15) is 97.6 Å². The summed E-state index contributed by atoms with van der Waals surface area (Å²) >= 11 is 0. The zero-order valence-electron chi connectivity index (χ0n) is 29.1. The van der Waals surface area contributed by atoms with Gasteiger partial charge in [-0.3, -0.25) is 23.9 Å². The van der Waals surface area contributed by atoms with Crippen LogP contribution >= 0.6 is 0 Å². The summed E-state index contributed by atoms with van der Waals surface area (Å²) in [7, 11) is -3.86. The summed E-state index contributed by atoms with van der Waals surface area (Å²) in [6.45, 7) is 15.1. The number of fused-ring (bicyclic) bond motifs is 1. The van der Waals surface area contributed by atoms with E-state index in [1.165, 1.54) is 16.5 Å². The molecule has 13 heteroatoms. The van der Waals surface area contributed by atoms with Crippen LogP contribution in [0.4, 0.5) is 0 Å². The number of hydrogen-bond donors (Lipinski definition) is 3. The third-order valence-electron chi connectivity index (χ3n) is 9.86. The van der Waals surface area contributed by atoms with Crippen molar-refractivity contribution < 1.29 is 32.3 Å². The summed E-state index contributed by atoms with van der Waals surface area (Å²) in [5.41, 5.74) is -0.394. The van der Waals surface area contributed by atoms with E-state index < -0.39 is 67.6 Å². The van der Waals surface area contributed by atoms with Gasteiger partial charge in [0.1, 0.15) is 17.7 Å². The van der Waals surface area contributed by atoms with Crippen molar-refractivity contribution in [1.82, 2.24) is 25.2 Å². The lowest BCUT2D eigenvalue weighted by molar-refractivity contribution is -0.147. The molecule has 12 nitrogen and oxygen atoms in total. The van der Waals surface area contributed by atoms with E-state index in [1.54, 1.807) is 6.20 Å². The third-order valence-corrected chi connectivity index (χ3v) is 11.7. The highest BCUT2D eigenvalue weighted by Crippen LogP contribution is 2.46. The van der Waals surface area contributed by atoms with Gasteiger partial charge in [0, 0.05) is 36.1 Å². The standard InChI is InChI=1S/C35H51N5O7S/c1-8-22-19-35(22,32(44)39-48(45,46)24-13-14-24)38-29(42)27-17-23(47-30-25-12-10-9-11-21(25)15-16-36-30)20-40(27)31(43)26(33(2,3)4)18-28(41)37-34(5,6)7/h8,15-16,22-24,26-27H,1,9-14,17-20H2,2-7H3,(H,37,41)(H,38,42)(H,39,44). The molecule has 1 aliphatic heterocycles. The Morgan fingerprint density at radius 3 is 2.42 bits per heavy atom. The van der Waals surface area contributed by atoms with E-state index in [2.05, 4.69) is 26.9 Å². The fraction of sp³-hybridized carbons (Fsp3) is 0.686. The predicted octanol–water partition coefficient (Wildman–Crippen LogP) is 2.95. The van der Waals surface area contributed by atoms with Gasteiger partial charge in [-0.25, -0.2) is 13.4 Å². The monoisotopic (exact) mass is 685 g/mol. The van der Waals surface area contributed by atoms with Gasteiger partial charge in [-0.05, 0) is 82.8 Å². The molecule has 0 radical (unpaired) electrons. The van der Waals surface area contributed by atoms with Crippen LogP contribution in [0.3, 0.4) is 0 Å². The number of carbonyl (C=O) groups is 4. The highest BCUT2D eigenvalue weighted by atomic mass is 32.2. The molecule has 2 saturated carbocycles. The maximum absolute atomic E-state index is 14.5. The first-order valence-electron chi connectivity index (χ1n) is 17.1. The van der Waals surface area contributed by atoms with Crippen molar-refractivity contribution in [3.05, 3.63) is 36.0 Å². The van der Waals surface area contributed by atoms with Gasteiger partial charge in [0.05, 0.1) is 17.7 Å². The lowest BCUT2D eigenvalue weighted by atomic mass is 9.77. The summed E-state index contributed by atoms with van der Waals surface area (Å²) in [6, 6.07) is 0.964. The van der Waals surface area contributed by atoms with E-state index in [0.717, 1.165) is 31.2 Å². The number of amides is 4. The van der Waals surface area contributed by atoms with Crippen LogP contribution in [0, 0.1) is 17.3 Å². The number of aryl methyl sites for hydroxylation is 1. The van der Waals surface area contributed by atoms with Crippen LogP contribution in [0.5, 0.6) is 5.88 Å². The Bertz CT molecular complexity index is 1580. The molecule has 3 fully saturated rings. The number of aromatic nitrogens is 1. The summed E-state index contributed by atoms with van der Waals surface area (Å²) in [4.78, 5) is 61.1. The molecule has 1 aromatic heterocycles. The first-order chi connectivity index (χ1) is 22.3. The summed E-state index contributed by atoms with van der Waals surface area (Å²) < 4.78 is 33.9. The summed E-state index contributed by atoms with van der Waals surface area (Å²) in [5.74, 6) is -2.78. The van der Waals surface area contributed by atoms with Crippen LogP contribution in [0.25, 0.3) is 0 Å². The van der Waals surface area contributed by atoms with Crippen LogP contribution in [-0.2, 0) is 42.0 Å². The maximum atomic E-state index is 14.5. The number of pyridine rings is 1. The smallest absolute Gasteiger partial charge is 0.259 e. The van der Waals surface area contributed by atoms with Crippen molar-refractivity contribution in [2.45, 2.75) is 128 Å². The zero-order valence-corrected chi connectivity index (χ0v) is 29.9. The van der Waals surface area contributed by atoms with Crippen molar-refractivity contribution in [3.63, 3.8) is 0 Å². The van der Waals surface area contributed by atoms with Crippen LogP contribution in [-0.4, -0.2) is 76.9 Å². The highest BCUT2D eigenvalue weighted by molar-refractivity contribution is 7.91. The number of hydrogen-bond acceptors (Lipinski definition) is 8. The first-order valence-corrected chi connectivity index (χ1v) is 18.6. The average Bonchev–Trinajstić information content (AvgIpc) is 3.91. The molecule has 48 heavy (non-hydrogen) atoms. The van der Waals surface area contributed by atoms with Gasteiger partial charge in [0.15, 0.2) is 0 Å². The molecule has 0 spiro atoms. The molecule has 5 atom stereocenters. The van der Waals surface area contributed by atoms with Gasteiger partial charge in [0.2, 0.25) is 33.6 Å². The molecular weight excluding hydrogens is 634 g/mol. The SMILES string of the molecule is C=CC1CC1(NC(=O)C1CC(Oc2nccc3c2CCCC3)CN1C(=O)C(CC(=O)NC(C)(C)C)C(C)(C)C)C(=O)NS(=O)(=O)C1CC1. The molecule has 4 amide bonds. The van der Waals surface area contributed by atoms with Gasteiger partial charge in [0.25, 0.3) is 5.91 Å². The molecule has 3 aliphatic carbocycles. The quantitative estimate of drug-likeness (QED) is 0.300. The van der Waals surface area contributed by atoms with Gasteiger partial charge < -0.3 is 20.3 Å². The highest BCUT2D eigenvalue weighted by Gasteiger charge is 2.62. The molecule has 5 unspecified atom stereocenters. The molecule has 264 valence electrons. The van der Waals surface area contributed by atoms with Crippen LogP contribution in [0.15, 0.2) is 24.9 Å². The Kier molecular flexibility index (Phi) is 9.77. The molecule has 1 saturated heterocycles. The van der Waals surface area contributed by atoms with Crippen LogP contribution < -0.4 is 20.1 Å². The van der Waals surface area contributed by atoms with E-state index >= 15 is 0 Å². The van der Waals surface area contributed by atoms with Crippen molar-refractivity contribution in [2.24, 2.45) is 17.3 Å². The number of sulfonamides is 1.